The van der Waals surface area contributed by atoms with Crippen LogP contribution in [0.5, 0.6) is 5.75 Å². The number of hydrogen-bond donors (Lipinski definition) is 1. The van der Waals surface area contributed by atoms with E-state index in [0.717, 1.165) is 10.7 Å². The Labute approximate surface area is 109 Å². The molecule has 1 N–H and O–H groups in total. The highest BCUT2D eigenvalue weighted by atomic mass is 32.1. The largest absolute Gasteiger partial charge is 0.483 e. The molecule has 0 radical (unpaired) electrons. The number of nitrogens with zero attached hydrogens (tertiary/aromatic N) is 1. The van der Waals surface area contributed by atoms with Crippen LogP contribution in [-0.2, 0) is 6.61 Å². The maximum atomic E-state index is 13.7. The van der Waals surface area contributed by atoms with Gasteiger partial charge in [-0.05, 0) is 31.5 Å². The summed E-state index contributed by atoms with van der Waals surface area (Å²) in [6, 6.07) is 4.46. The van der Waals surface area contributed by atoms with Gasteiger partial charge in [0.2, 0.25) is 0 Å². The van der Waals surface area contributed by atoms with Crippen molar-refractivity contribution >= 4 is 11.3 Å². The molecule has 0 aliphatic heterocycles. The average Bonchev–Trinajstić information content (AvgIpc) is 2.73. The molecule has 0 unspecified atom stereocenters. The van der Waals surface area contributed by atoms with Gasteiger partial charge < -0.3 is 9.84 Å². The van der Waals surface area contributed by atoms with Gasteiger partial charge in [0.05, 0.1) is 6.10 Å². The monoisotopic (exact) mass is 267 g/mol. The van der Waals surface area contributed by atoms with Crippen molar-refractivity contribution in [1.82, 2.24) is 4.98 Å². The van der Waals surface area contributed by atoms with Crippen LogP contribution in [0.4, 0.5) is 4.39 Å². The van der Waals surface area contributed by atoms with Gasteiger partial charge >= 0.3 is 0 Å². The molecular formula is C13H14FNO2S. The van der Waals surface area contributed by atoms with E-state index in [4.69, 9.17) is 4.74 Å². The molecule has 0 fully saturated rings. The van der Waals surface area contributed by atoms with Crippen molar-refractivity contribution in [2.24, 2.45) is 0 Å². The summed E-state index contributed by atoms with van der Waals surface area (Å²) < 4.78 is 19.0. The first-order valence-corrected chi connectivity index (χ1v) is 6.45. The molecule has 0 spiro atoms. The number of benzene rings is 1. The molecule has 0 aliphatic carbocycles. The fraction of sp³-hybridized carbons (Fsp3) is 0.308. The molecule has 1 heterocycles. The van der Waals surface area contributed by atoms with Gasteiger partial charge in [-0.25, -0.2) is 9.37 Å². The zero-order chi connectivity index (χ0) is 13.1. The van der Waals surface area contributed by atoms with E-state index in [2.05, 4.69) is 4.98 Å². The average molecular weight is 267 g/mol. The third-order valence-electron chi connectivity index (χ3n) is 2.46. The molecule has 5 heteroatoms. The smallest absolute Gasteiger partial charge is 0.165 e. The third kappa shape index (κ3) is 3.05. The molecule has 1 atom stereocenters. The first-order chi connectivity index (χ1) is 8.56. The summed E-state index contributed by atoms with van der Waals surface area (Å²) in [4.78, 5) is 4.23. The van der Waals surface area contributed by atoms with Crippen molar-refractivity contribution in [3.8, 4) is 5.75 Å². The Morgan fingerprint density at radius 2 is 2.28 bits per heavy atom. The van der Waals surface area contributed by atoms with Crippen molar-refractivity contribution in [3.05, 3.63) is 45.7 Å². The van der Waals surface area contributed by atoms with Gasteiger partial charge in [-0.15, -0.1) is 11.3 Å². The Balaban J connectivity index is 2.05. The maximum Gasteiger partial charge on any atom is 0.165 e. The zero-order valence-corrected chi connectivity index (χ0v) is 11.0. The molecule has 3 nitrogen and oxygen atoms in total. The Morgan fingerprint density at radius 1 is 1.50 bits per heavy atom. The lowest BCUT2D eigenvalue weighted by molar-refractivity contribution is 0.198. The van der Waals surface area contributed by atoms with E-state index in [1.54, 1.807) is 13.0 Å². The molecule has 0 bridgehead atoms. The number of aromatic nitrogens is 1. The number of ether oxygens (including phenoxy) is 1. The lowest BCUT2D eigenvalue weighted by atomic mass is 10.1. The minimum Gasteiger partial charge on any atom is -0.483 e. The third-order valence-corrected chi connectivity index (χ3v) is 3.40. The molecular weight excluding hydrogens is 253 g/mol. The SMILES string of the molecule is Cc1csc(COc2ccc([C@H](C)O)cc2F)n1. The van der Waals surface area contributed by atoms with Gasteiger partial charge in [-0.1, -0.05) is 6.07 Å². The molecule has 0 saturated carbocycles. The van der Waals surface area contributed by atoms with E-state index in [1.807, 2.05) is 12.3 Å². The fourth-order valence-electron chi connectivity index (χ4n) is 1.50. The molecule has 96 valence electrons. The minimum atomic E-state index is -0.685. The van der Waals surface area contributed by atoms with Gasteiger partial charge in [0.25, 0.3) is 0 Å². The van der Waals surface area contributed by atoms with E-state index < -0.39 is 11.9 Å². The quantitative estimate of drug-likeness (QED) is 0.924. The van der Waals surface area contributed by atoms with Gasteiger partial charge in [-0.2, -0.15) is 0 Å². The first kappa shape index (κ1) is 13.0. The summed E-state index contributed by atoms with van der Waals surface area (Å²) in [6.45, 7) is 3.75. The summed E-state index contributed by atoms with van der Waals surface area (Å²) in [7, 11) is 0. The van der Waals surface area contributed by atoms with Gasteiger partial charge in [-0.3, -0.25) is 0 Å². The summed E-state index contributed by atoms with van der Waals surface area (Å²) in [5.74, 6) is -0.297. The van der Waals surface area contributed by atoms with E-state index in [0.29, 0.717) is 5.56 Å². The summed E-state index contributed by atoms with van der Waals surface area (Å²) in [6.07, 6.45) is -0.685. The van der Waals surface area contributed by atoms with Crippen molar-refractivity contribution in [3.63, 3.8) is 0 Å². The van der Waals surface area contributed by atoms with Crippen LogP contribution in [0.2, 0.25) is 0 Å². The Morgan fingerprint density at radius 3 is 2.83 bits per heavy atom. The molecule has 1 aromatic heterocycles. The Bertz CT molecular complexity index is 540. The minimum absolute atomic E-state index is 0.173. The predicted molar refractivity (Wildman–Crippen MR) is 68.2 cm³/mol. The molecule has 2 aromatic rings. The van der Waals surface area contributed by atoms with Gasteiger partial charge in [0, 0.05) is 11.1 Å². The molecule has 2 rings (SSSR count). The van der Waals surface area contributed by atoms with E-state index in [9.17, 15) is 9.50 Å². The number of aliphatic hydroxyl groups is 1. The lowest BCUT2D eigenvalue weighted by Crippen LogP contribution is -1.99. The van der Waals surface area contributed by atoms with Crippen molar-refractivity contribution in [2.45, 2.75) is 26.6 Å². The number of aryl methyl sites for hydroxylation is 1. The van der Waals surface area contributed by atoms with Crippen LogP contribution >= 0.6 is 11.3 Å². The zero-order valence-electron chi connectivity index (χ0n) is 10.2. The number of halogens is 1. The highest BCUT2D eigenvalue weighted by molar-refractivity contribution is 7.09. The standard InChI is InChI=1S/C13H14FNO2S/c1-8-7-18-13(15-8)6-17-12-4-3-10(9(2)16)5-11(12)14/h3-5,7,9,16H,6H2,1-2H3/t9-/m0/s1. The second kappa shape index (κ2) is 5.46. The molecule has 0 amide bonds. The van der Waals surface area contributed by atoms with Gasteiger partial charge in [0.15, 0.2) is 11.6 Å². The van der Waals surface area contributed by atoms with Crippen molar-refractivity contribution in [1.29, 1.82) is 0 Å². The van der Waals surface area contributed by atoms with Crippen LogP contribution in [0.15, 0.2) is 23.6 Å². The topological polar surface area (TPSA) is 42.4 Å². The predicted octanol–water partition coefficient (Wildman–Crippen LogP) is 3.22. The van der Waals surface area contributed by atoms with E-state index in [-0.39, 0.29) is 12.4 Å². The van der Waals surface area contributed by atoms with Crippen molar-refractivity contribution < 1.29 is 14.2 Å². The summed E-state index contributed by atoms with van der Waals surface area (Å²) in [5, 5.41) is 12.1. The van der Waals surface area contributed by atoms with Crippen LogP contribution in [-0.4, -0.2) is 10.1 Å². The van der Waals surface area contributed by atoms with E-state index in [1.165, 1.54) is 23.5 Å². The molecule has 0 aliphatic rings. The van der Waals surface area contributed by atoms with Crippen LogP contribution in [0.25, 0.3) is 0 Å². The summed E-state index contributed by atoms with van der Waals surface area (Å²) >= 11 is 1.48. The lowest BCUT2D eigenvalue weighted by Gasteiger charge is -2.09. The Kier molecular flexibility index (Phi) is 3.93. The number of rotatable bonds is 4. The second-order valence-corrected chi connectivity index (χ2v) is 4.98. The van der Waals surface area contributed by atoms with Crippen LogP contribution in [0.3, 0.4) is 0 Å². The van der Waals surface area contributed by atoms with Crippen molar-refractivity contribution in [2.75, 3.05) is 0 Å². The van der Waals surface area contributed by atoms with E-state index >= 15 is 0 Å². The number of thiazole rings is 1. The summed E-state index contributed by atoms with van der Waals surface area (Å²) in [5.41, 5.74) is 1.47. The normalized spacial score (nSPS) is 12.4. The highest BCUT2D eigenvalue weighted by Gasteiger charge is 2.09. The molecule has 0 saturated heterocycles. The van der Waals surface area contributed by atoms with Crippen LogP contribution < -0.4 is 4.74 Å². The number of aliphatic hydroxyl groups excluding tert-OH is 1. The fourth-order valence-corrected chi connectivity index (χ4v) is 2.19. The number of hydrogen-bond acceptors (Lipinski definition) is 4. The van der Waals surface area contributed by atoms with Crippen LogP contribution in [0, 0.1) is 12.7 Å². The van der Waals surface area contributed by atoms with Crippen LogP contribution in [0.1, 0.15) is 29.3 Å². The highest BCUT2D eigenvalue weighted by Crippen LogP contribution is 2.23. The Hall–Kier alpha value is -1.46. The molecule has 1 aromatic carbocycles. The molecule has 18 heavy (non-hydrogen) atoms. The first-order valence-electron chi connectivity index (χ1n) is 5.57. The maximum absolute atomic E-state index is 13.7. The van der Waals surface area contributed by atoms with Gasteiger partial charge in [0.1, 0.15) is 11.6 Å². The second-order valence-electron chi connectivity index (χ2n) is 4.04.